The SMILES string of the molecule is CN(c1cccnc1)S(=O)(=O)c1cccnc1NN. The lowest BCUT2D eigenvalue weighted by atomic mass is 10.4. The average Bonchev–Trinajstić information content (AvgIpc) is 2.47. The number of hydrogen-bond acceptors (Lipinski definition) is 6. The third-order valence-corrected chi connectivity index (χ3v) is 4.37. The van der Waals surface area contributed by atoms with Crippen molar-refractivity contribution in [1.82, 2.24) is 9.97 Å². The molecule has 0 bridgehead atoms. The first kappa shape index (κ1) is 13.2. The van der Waals surface area contributed by atoms with Gasteiger partial charge in [-0.25, -0.2) is 19.2 Å². The van der Waals surface area contributed by atoms with Crippen LogP contribution < -0.4 is 15.6 Å². The summed E-state index contributed by atoms with van der Waals surface area (Å²) in [6.07, 6.45) is 4.49. The van der Waals surface area contributed by atoms with Crippen LogP contribution in [0.4, 0.5) is 11.5 Å². The van der Waals surface area contributed by atoms with Crippen molar-refractivity contribution in [3.63, 3.8) is 0 Å². The fraction of sp³-hybridized carbons (Fsp3) is 0.0909. The molecule has 0 saturated carbocycles. The van der Waals surface area contributed by atoms with Crippen LogP contribution in [0.5, 0.6) is 0 Å². The number of nitrogen functional groups attached to an aromatic ring is 1. The molecule has 0 saturated heterocycles. The van der Waals surface area contributed by atoms with Gasteiger partial charge in [0.05, 0.1) is 11.9 Å². The Labute approximate surface area is 111 Å². The molecule has 0 spiro atoms. The zero-order valence-electron chi connectivity index (χ0n) is 10.2. The normalized spacial score (nSPS) is 11.1. The van der Waals surface area contributed by atoms with Crippen molar-refractivity contribution in [3.05, 3.63) is 42.9 Å². The van der Waals surface area contributed by atoms with Crippen molar-refractivity contribution in [2.75, 3.05) is 16.8 Å². The van der Waals surface area contributed by atoms with Gasteiger partial charge in [-0.1, -0.05) is 0 Å². The Hall–Kier alpha value is -2.19. The Morgan fingerprint density at radius 2 is 2.00 bits per heavy atom. The molecule has 7 nitrogen and oxygen atoms in total. The molecule has 0 aliphatic carbocycles. The lowest BCUT2D eigenvalue weighted by Gasteiger charge is -2.20. The van der Waals surface area contributed by atoms with Crippen molar-refractivity contribution < 1.29 is 8.42 Å². The Kier molecular flexibility index (Phi) is 3.63. The average molecular weight is 279 g/mol. The molecule has 100 valence electrons. The van der Waals surface area contributed by atoms with Crippen molar-refractivity contribution in [1.29, 1.82) is 0 Å². The lowest BCUT2D eigenvalue weighted by Crippen LogP contribution is -2.28. The van der Waals surface area contributed by atoms with Gasteiger partial charge >= 0.3 is 0 Å². The highest BCUT2D eigenvalue weighted by molar-refractivity contribution is 7.93. The van der Waals surface area contributed by atoms with Gasteiger partial charge in [0.1, 0.15) is 4.90 Å². The predicted octanol–water partition coefficient (Wildman–Crippen LogP) is 0.587. The molecular formula is C11H13N5O2S. The van der Waals surface area contributed by atoms with Gasteiger partial charge in [0.25, 0.3) is 10.0 Å². The highest BCUT2D eigenvalue weighted by Crippen LogP contribution is 2.24. The van der Waals surface area contributed by atoms with Crippen LogP contribution >= 0.6 is 0 Å². The largest absolute Gasteiger partial charge is 0.307 e. The number of sulfonamides is 1. The van der Waals surface area contributed by atoms with E-state index in [0.717, 1.165) is 4.31 Å². The molecule has 0 unspecified atom stereocenters. The molecule has 3 N–H and O–H groups in total. The van der Waals surface area contributed by atoms with E-state index >= 15 is 0 Å². The number of aromatic nitrogens is 2. The molecule has 2 aromatic heterocycles. The van der Waals surface area contributed by atoms with Gasteiger partial charge in [-0.05, 0) is 24.3 Å². The molecule has 0 atom stereocenters. The Morgan fingerprint density at radius 1 is 1.26 bits per heavy atom. The molecule has 2 aromatic rings. The quantitative estimate of drug-likeness (QED) is 0.627. The number of nitrogens with one attached hydrogen (secondary N) is 1. The van der Waals surface area contributed by atoms with Gasteiger partial charge in [0, 0.05) is 19.4 Å². The summed E-state index contributed by atoms with van der Waals surface area (Å²) in [6, 6.07) is 6.28. The number of hydrazine groups is 1. The van der Waals surface area contributed by atoms with Crippen LogP contribution in [0.25, 0.3) is 0 Å². The van der Waals surface area contributed by atoms with E-state index in [1.165, 1.54) is 31.6 Å². The summed E-state index contributed by atoms with van der Waals surface area (Å²) in [7, 11) is -2.30. The van der Waals surface area contributed by atoms with Crippen LogP contribution in [-0.4, -0.2) is 25.4 Å². The van der Waals surface area contributed by atoms with Gasteiger partial charge in [-0.2, -0.15) is 0 Å². The van der Waals surface area contributed by atoms with E-state index in [1.807, 2.05) is 0 Å². The Balaban J connectivity index is 2.48. The first-order valence-corrected chi connectivity index (χ1v) is 6.82. The van der Waals surface area contributed by atoms with Crippen molar-refractivity contribution in [3.8, 4) is 0 Å². The van der Waals surface area contributed by atoms with Gasteiger partial charge in [-0.15, -0.1) is 0 Å². The molecule has 0 aromatic carbocycles. The zero-order valence-corrected chi connectivity index (χ0v) is 11.0. The zero-order chi connectivity index (χ0) is 13.9. The van der Waals surface area contributed by atoms with Crippen LogP contribution in [0.2, 0.25) is 0 Å². The van der Waals surface area contributed by atoms with Crippen LogP contribution in [-0.2, 0) is 10.0 Å². The van der Waals surface area contributed by atoms with Gasteiger partial charge in [0.15, 0.2) is 5.82 Å². The summed E-state index contributed by atoms with van der Waals surface area (Å²) in [5, 5.41) is 0. The maximum Gasteiger partial charge on any atom is 0.267 e. The standard InChI is InChI=1S/C11H13N5O2S/c1-16(9-4-2-6-13-8-9)19(17,18)10-5-3-7-14-11(10)15-12/h2-8H,12H2,1H3,(H,14,15). The third-order valence-electron chi connectivity index (χ3n) is 2.56. The topological polar surface area (TPSA) is 101 Å². The molecule has 0 amide bonds. The maximum absolute atomic E-state index is 12.5. The minimum Gasteiger partial charge on any atom is -0.307 e. The molecular weight excluding hydrogens is 266 g/mol. The summed E-state index contributed by atoms with van der Waals surface area (Å²) < 4.78 is 26.1. The monoisotopic (exact) mass is 279 g/mol. The third kappa shape index (κ3) is 2.49. The Bertz CT molecular complexity index is 660. The predicted molar refractivity (Wildman–Crippen MR) is 71.9 cm³/mol. The molecule has 0 fully saturated rings. The summed E-state index contributed by atoms with van der Waals surface area (Å²) in [6.45, 7) is 0. The van der Waals surface area contributed by atoms with Crippen molar-refractivity contribution in [2.45, 2.75) is 4.90 Å². The van der Waals surface area contributed by atoms with E-state index < -0.39 is 10.0 Å². The van der Waals surface area contributed by atoms with Crippen LogP contribution in [0, 0.1) is 0 Å². The van der Waals surface area contributed by atoms with Crippen molar-refractivity contribution >= 4 is 21.5 Å². The minimum absolute atomic E-state index is 0.00357. The minimum atomic E-state index is -3.75. The lowest BCUT2D eigenvalue weighted by molar-refractivity contribution is 0.594. The second-order valence-electron chi connectivity index (χ2n) is 3.68. The fourth-order valence-corrected chi connectivity index (χ4v) is 2.82. The number of hydrogen-bond donors (Lipinski definition) is 2. The van der Waals surface area contributed by atoms with Crippen LogP contribution in [0.3, 0.4) is 0 Å². The van der Waals surface area contributed by atoms with Gasteiger partial charge in [-0.3, -0.25) is 9.29 Å². The molecule has 8 heteroatoms. The van der Waals surface area contributed by atoms with E-state index in [0.29, 0.717) is 5.69 Å². The number of pyridine rings is 2. The Morgan fingerprint density at radius 3 is 2.63 bits per heavy atom. The first-order valence-electron chi connectivity index (χ1n) is 5.38. The summed E-state index contributed by atoms with van der Waals surface area (Å²) in [5.41, 5.74) is 2.73. The summed E-state index contributed by atoms with van der Waals surface area (Å²) in [5.74, 6) is 5.37. The van der Waals surface area contributed by atoms with Crippen molar-refractivity contribution in [2.24, 2.45) is 5.84 Å². The second-order valence-corrected chi connectivity index (χ2v) is 5.62. The number of rotatable bonds is 4. The van der Waals surface area contributed by atoms with E-state index in [1.54, 1.807) is 18.3 Å². The molecule has 2 heterocycles. The fourth-order valence-electron chi connectivity index (χ4n) is 1.53. The number of nitrogens with two attached hydrogens (primary N) is 1. The van der Waals surface area contributed by atoms with Gasteiger partial charge in [0.2, 0.25) is 0 Å². The van der Waals surface area contributed by atoms with Crippen LogP contribution in [0.1, 0.15) is 0 Å². The summed E-state index contributed by atoms with van der Waals surface area (Å²) >= 11 is 0. The molecule has 0 radical (unpaired) electrons. The van der Waals surface area contributed by atoms with E-state index in [-0.39, 0.29) is 10.7 Å². The highest BCUT2D eigenvalue weighted by Gasteiger charge is 2.24. The van der Waals surface area contributed by atoms with E-state index in [4.69, 9.17) is 5.84 Å². The summed E-state index contributed by atoms with van der Waals surface area (Å²) in [4.78, 5) is 7.78. The number of anilines is 2. The van der Waals surface area contributed by atoms with E-state index in [2.05, 4.69) is 15.4 Å². The van der Waals surface area contributed by atoms with E-state index in [9.17, 15) is 8.42 Å². The first-order chi connectivity index (χ1) is 9.07. The van der Waals surface area contributed by atoms with Gasteiger partial charge < -0.3 is 5.43 Å². The maximum atomic E-state index is 12.5. The highest BCUT2D eigenvalue weighted by atomic mass is 32.2. The molecule has 0 aliphatic heterocycles. The molecule has 19 heavy (non-hydrogen) atoms. The smallest absolute Gasteiger partial charge is 0.267 e. The second kappa shape index (κ2) is 5.21. The van der Waals surface area contributed by atoms with Crippen LogP contribution in [0.15, 0.2) is 47.8 Å². The number of nitrogens with zero attached hydrogens (tertiary/aromatic N) is 3. The molecule has 0 aliphatic rings. The molecule has 2 rings (SSSR count).